The van der Waals surface area contributed by atoms with Gasteiger partial charge in [0.25, 0.3) is 0 Å². The van der Waals surface area contributed by atoms with Gasteiger partial charge in [-0.15, -0.1) is 0 Å². The van der Waals surface area contributed by atoms with Crippen LogP contribution >= 0.6 is 0 Å². The highest BCUT2D eigenvalue weighted by Gasteiger charge is 2.43. The molecular formula is C61H114O4. The number of aliphatic hydroxyl groups excluding tert-OH is 3. The van der Waals surface area contributed by atoms with Gasteiger partial charge in [0, 0.05) is 0 Å². The third kappa shape index (κ3) is 26.0. The van der Waals surface area contributed by atoms with Gasteiger partial charge in [-0.25, -0.2) is 0 Å². The van der Waals surface area contributed by atoms with E-state index in [1.165, 1.54) is 289 Å². The zero-order valence-electron chi connectivity index (χ0n) is 43.5. The standard InChI is InChI=1S/C61H114O4/c62-56-42-39-52(40-43-56)31-21-13-5-1-9-17-25-45-61(46-26-18-10-2-6-14-22-32-53-35-29-37-57(63)49-53,47-27-19-11-3-7-15-23-33-54-36-30-38-58(64)50-54)48-28-20-12-4-8-16-24-34-55-41-44-59-60(51-55)65-59/h52-60,62-64H,1-51H2. The summed E-state index contributed by atoms with van der Waals surface area (Å²) in [5.74, 6) is 3.44. The Morgan fingerprint density at radius 1 is 0.277 bits per heavy atom. The molecule has 4 heteroatoms. The minimum absolute atomic E-state index is 0.00959. The van der Waals surface area contributed by atoms with Crippen molar-refractivity contribution in [3.63, 3.8) is 0 Å². The molecule has 0 bridgehead atoms. The molecule has 3 N–H and O–H groups in total. The molecule has 4 nitrogen and oxygen atoms in total. The molecular weight excluding hydrogens is 797 g/mol. The summed E-state index contributed by atoms with van der Waals surface area (Å²) in [6.07, 6.45) is 71.3. The zero-order chi connectivity index (χ0) is 45.5. The molecule has 5 fully saturated rings. The van der Waals surface area contributed by atoms with Crippen LogP contribution in [-0.2, 0) is 4.74 Å². The SMILES string of the molecule is OC1CCC(CCCCCCCCCC(CCCCCCCCCC2CCCC(O)C2)(CCCCCCCCCC2CCCC(O)C2)CCCCCCCCCC2CCC3OC3C2)CC1. The van der Waals surface area contributed by atoms with E-state index in [1.807, 2.05) is 0 Å². The molecule has 5 rings (SSSR count). The fraction of sp³-hybridized carbons (Fsp3) is 1.00. The molecule has 1 saturated heterocycles. The summed E-state index contributed by atoms with van der Waals surface area (Å²) in [5, 5.41) is 30.1. The zero-order valence-corrected chi connectivity index (χ0v) is 43.5. The van der Waals surface area contributed by atoms with E-state index >= 15 is 0 Å². The quantitative estimate of drug-likeness (QED) is 0.0423. The fourth-order valence-corrected chi connectivity index (χ4v) is 14.2. The number of rotatable bonds is 40. The molecule has 0 radical (unpaired) electrons. The Morgan fingerprint density at radius 3 is 0.969 bits per heavy atom. The van der Waals surface area contributed by atoms with Crippen LogP contribution in [0, 0.1) is 29.1 Å². The van der Waals surface area contributed by atoms with E-state index in [9.17, 15) is 15.3 Å². The van der Waals surface area contributed by atoms with Crippen LogP contribution in [0.2, 0.25) is 0 Å². The smallest absolute Gasteiger partial charge is 0.0844 e. The summed E-state index contributed by atoms with van der Waals surface area (Å²) in [6, 6.07) is 0. The first-order chi connectivity index (χ1) is 32.0. The number of unbranched alkanes of at least 4 members (excludes halogenated alkanes) is 24. The number of hydrogen-bond donors (Lipinski definition) is 3. The number of aliphatic hydroxyl groups is 3. The highest BCUT2D eigenvalue weighted by Crippen LogP contribution is 2.43. The van der Waals surface area contributed by atoms with Crippen molar-refractivity contribution in [2.45, 2.75) is 358 Å². The van der Waals surface area contributed by atoms with Crippen LogP contribution in [0.5, 0.6) is 0 Å². The minimum Gasteiger partial charge on any atom is -0.393 e. The van der Waals surface area contributed by atoms with E-state index in [0.29, 0.717) is 17.6 Å². The predicted molar refractivity (Wildman–Crippen MR) is 279 cm³/mol. The molecule has 1 heterocycles. The number of epoxide rings is 1. The maximum absolute atomic E-state index is 10.1. The fourth-order valence-electron chi connectivity index (χ4n) is 14.2. The van der Waals surface area contributed by atoms with Crippen LogP contribution in [0.25, 0.3) is 0 Å². The molecule has 7 unspecified atom stereocenters. The van der Waals surface area contributed by atoms with Gasteiger partial charge in [-0.05, 0) is 125 Å². The van der Waals surface area contributed by atoms with Gasteiger partial charge in [0.1, 0.15) is 0 Å². The Morgan fingerprint density at radius 2 is 0.600 bits per heavy atom. The van der Waals surface area contributed by atoms with Crippen LogP contribution in [-0.4, -0.2) is 45.8 Å². The van der Waals surface area contributed by atoms with Gasteiger partial charge in [-0.3, -0.25) is 0 Å². The molecule has 5 aliphatic rings. The molecule has 65 heavy (non-hydrogen) atoms. The normalized spacial score (nSPS) is 29.1. The van der Waals surface area contributed by atoms with Gasteiger partial charge in [0.05, 0.1) is 30.5 Å². The van der Waals surface area contributed by atoms with Crippen LogP contribution in [0.15, 0.2) is 0 Å². The molecule has 0 spiro atoms. The molecule has 0 amide bonds. The van der Waals surface area contributed by atoms with Crippen molar-refractivity contribution in [2.24, 2.45) is 29.1 Å². The molecule has 0 aromatic carbocycles. The van der Waals surface area contributed by atoms with Crippen molar-refractivity contribution in [3.05, 3.63) is 0 Å². The van der Waals surface area contributed by atoms with Crippen LogP contribution in [0.3, 0.4) is 0 Å². The maximum atomic E-state index is 10.1. The van der Waals surface area contributed by atoms with Crippen molar-refractivity contribution in [1.29, 1.82) is 0 Å². The molecule has 7 atom stereocenters. The first-order valence-corrected chi connectivity index (χ1v) is 30.7. The van der Waals surface area contributed by atoms with Crippen molar-refractivity contribution in [2.75, 3.05) is 0 Å². The van der Waals surface area contributed by atoms with Gasteiger partial charge in [0.2, 0.25) is 0 Å². The summed E-state index contributed by atoms with van der Waals surface area (Å²) < 4.78 is 5.80. The Bertz CT molecular complexity index is 1030. The van der Waals surface area contributed by atoms with Gasteiger partial charge in [0.15, 0.2) is 0 Å². The molecule has 0 aromatic heterocycles. The van der Waals surface area contributed by atoms with Gasteiger partial charge in [-0.1, -0.05) is 231 Å². The van der Waals surface area contributed by atoms with Gasteiger partial charge >= 0.3 is 0 Å². The third-order valence-corrected chi connectivity index (χ3v) is 18.7. The van der Waals surface area contributed by atoms with Crippen LogP contribution in [0.4, 0.5) is 0 Å². The molecule has 1 aliphatic heterocycles. The lowest BCUT2D eigenvalue weighted by atomic mass is 9.70. The van der Waals surface area contributed by atoms with Crippen LogP contribution < -0.4 is 0 Å². The Hall–Kier alpha value is -0.160. The van der Waals surface area contributed by atoms with Crippen molar-refractivity contribution in [1.82, 2.24) is 0 Å². The average Bonchev–Trinajstić information content (AvgIpc) is 4.09. The summed E-state index contributed by atoms with van der Waals surface area (Å²) in [5.41, 5.74) is 0.590. The van der Waals surface area contributed by atoms with Gasteiger partial charge in [-0.2, -0.15) is 0 Å². The first kappa shape index (κ1) is 55.8. The molecule has 382 valence electrons. The topological polar surface area (TPSA) is 73.2 Å². The number of hydrogen-bond acceptors (Lipinski definition) is 4. The monoisotopic (exact) mass is 911 g/mol. The molecule has 4 saturated carbocycles. The largest absolute Gasteiger partial charge is 0.393 e. The molecule has 0 aromatic rings. The molecule has 4 aliphatic carbocycles. The van der Waals surface area contributed by atoms with E-state index < -0.39 is 0 Å². The van der Waals surface area contributed by atoms with E-state index in [2.05, 4.69) is 0 Å². The average molecular weight is 912 g/mol. The summed E-state index contributed by atoms with van der Waals surface area (Å²) >= 11 is 0. The third-order valence-electron chi connectivity index (χ3n) is 18.7. The number of ether oxygens (including phenoxy) is 1. The van der Waals surface area contributed by atoms with Crippen molar-refractivity contribution in [3.8, 4) is 0 Å². The lowest BCUT2D eigenvalue weighted by Gasteiger charge is -2.35. The second kappa shape index (κ2) is 35.0. The Labute approximate surface area is 405 Å². The van der Waals surface area contributed by atoms with E-state index in [1.54, 1.807) is 0 Å². The van der Waals surface area contributed by atoms with E-state index in [4.69, 9.17) is 4.74 Å². The van der Waals surface area contributed by atoms with Crippen molar-refractivity contribution >= 4 is 0 Å². The number of fused-ring (bicyclic) bond motifs is 1. The first-order valence-electron chi connectivity index (χ1n) is 30.7. The van der Waals surface area contributed by atoms with Crippen molar-refractivity contribution < 1.29 is 20.1 Å². The highest BCUT2D eigenvalue weighted by atomic mass is 16.6. The summed E-state index contributed by atoms with van der Waals surface area (Å²) in [4.78, 5) is 0. The van der Waals surface area contributed by atoms with Gasteiger partial charge < -0.3 is 20.1 Å². The summed E-state index contributed by atoms with van der Waals surface area (Å²) in [7, 11) is 0. The predicted octanol–water partition coefficient (Wildman–Crippen LogP) is 18.2. The van der Waals surface area contributed by atoms with E-state index in [-0.39, 0.29) is 18.3 Å². The minimum atomic E-state index is -0.0134. The maximum Gasteiger partial charge on any atom is 0.0844 e. The lowest BCUT2D eigenvalue weighted by molar-refractivity contribution is 0.0970. The van der Waals surface area contributed by atoms with Crippen LogP contribution in [0.1, 0.15) is 327 Å². The Balaban J connectivity index is 1.00. The Kier molecular flexibility index (Phi) is 30.0. The highest BCUT2D eigenvalue weighted by molar-refractivity contribution is 4.91. The second-order valence-corrected chi connectivity index (χ2v) is 24.5. The van der Waals surface area contributed by atoms with E-state index in [0.717, 1.165) is 62.2 Å². The second-order valence-electron chi connectivity index (χ2n) is 24.5. The summed E-state index contributed by atoms with van der Waals surface area (Å²) in [6.45, 7) is 0. The lowest BCUT2D eigenvalue weighted by Crippen LogP contribution is -2.21.